The molecule has 0 aliphatic heterocycles. The van der Waals surface area contributed by atoms with E-state index >= 15 is 0 Å². The molecule has 0 amide bonds. The third-order valence-corrected chi connectivity index (χ3v) is 0.877. The van der Waals surface area contributed by atoms with Crippen molar-refractivity contribution in [1.29, 1.82) is 0 Å². The largest absolute Gasteiger partial charge is 0.540 e. The first-order valence-electron chi connectivity index (χ1n) is 2.92. The molecular weight excluding hydrogens is 191 g/mol. The minimum Gasteiger partial charge on any atom is -0.540 e. The summed E-state index contributed by atoms with van der Waals surface area (Å²) in [5.41, 5.74) is 0. The maximum Gasteiger partial charge on any atom is 0 e. The van der Waals surface area contributed by atoms with Crippen LogP contribution in [0.15, 0.2) is 0 Å². The molecular formula is C6H12NOY-. The summed E-state index contributed by atoms with van der Waals surface area (Å²) in [7, 11) is 0. The molecule has 0 bridgehead atoms. The second-order valence-electron chi connectivity index (χ2n) is 1.79. The Balaban J connectivity index is 0. The average molecular weight is 203 g/mol. The third-order valence-electron chi connectivity index (χ3n) is 0.877. The van der Waals surface area contributed by atoms with E-state index in [9.17, 15) is 4.79 Å². The van der Waals surface area contributed by atoms with Crippen molar-refractivity contribution in [2.45, 2.75) is 26.3 Å². The molecule has 2 nitrogen and oxygen atoms in total. The predicted molar refractivity (Wildman–Crippen MR) is 33.4 cm³/mol. The van der Waals surface area contributed by atoms with E-state index in [1.165, 1.54) is 0 Å². The Morgan fingerprint density at radius 1 is 1.67 bits per heavy atom. The smallest absolute Gasteiger partial charge is 0 e. The van der Waals surface area contributed by atoms with Gasteiger partial charge in [0.2, 0.25) is 0 Å². The molecule has 0 aromatic heterocycles. The summed E-state index contributed by atoms with van der Waals surface area (Å²) in [4.78, 5) is 9.82. The van der Waals surface area contributed by atoms with E-state index < -0.39 is 0 Å². The Bertz CT molecular complexity index is 68.1. The molecule has 0 aromatic rings. The monoisotopic (exact) mass is 203 g/mol. The summed E-state index contributed by atoms with van der Waals surface area (Å²) >= 11 is 0. The van der Waals surface area contributed by atoms with E-state index in [-0.39, 0.29) is 38.8 Å². The zero-order chi connectivity index (χ0) is 6.41. The maximum atomic E-state index is 9.82. The van der Waals surface area contributed by atoms with Gasteiger partial charge >= 0.3 is 0 Å². The Labute approximate surface area is 81.7 Å². The number of rotatable bonds is 4. The summed E-state index contributed by atoms with van der Waals surface area (Å²) in [6.45, 7) is 4.75. The number of carbonyl (C=O) groups excluding carboxylic acids is 1. The summed E-state index contributed by atoms with van der Waals surface area (Å²) in [6, 6.07) is -0.102. The van der Waals surface area contributed by atoms with E-state index in [2.05, 4.69) is 12.2 Å². The van der Waals surface area contributed by atoms with Crippen LogP contribution >= 0.6 is 0 Å². The molecule has 3 heteroatoms. The fourth-order valence-electron chi connectivity index (χ4n) is 0.403. The first-order chi connectivity index (χ1) is 3.81. The molecule has 0 saturated carbocycles. The molecule has 0 saturated heterocycles. The molecule has 0 aromatic carbocycles. The first-order valence-corrected chi connectivity index (χ1v) is 2.92. The van der Waals surface area contributed by atoms with Crippen LogP contribution in [0.4, 0.5) is 0 Å². The fourth-order valence-corrected chi connectivity index (χ4v) is 0.403. The Hall–Kier alpha value is 0.734. The molecule has 0 heterocycles. The maximum absolute atomic E-state index is 9.82. The molecule has 1 N–H and O–H groups in total. The Kier molecular flexibility index (Phi) is 12.0. The molecule has 1 unspecified atom stereocenters. The third kappa shape index (κ3) is 8.73. The average Bonchev–Trinajstić information content (AvgIpc) is 1.83. The van der Waals surface area contributed by atoms with Crippen LogP contribution in [0, 0.1) is 0 Å². The normalized spacial score (nSPS) is 11.8. The summed E-state index contributed by atoms with van der Waals surface area (Å²) in [5, 5.41) is 2.96. The number of hydrogen-bond acceptors (Lipinski definition) is 2. The van der Waals surface area contributed by atoms with E-state index in [1.54, 1.807) is 6.92 Å². The van der Waals surface area contributed by atoms with Crippen LogP contribution in [-0.4, -0.2) is 18.9 Å². The Morgan fingerprint density at radius 3 is 2.56 bits per heavy atom. The molecule has 0 aliphatic rings. The SMILES string of the molecule is CCCNC(C)[C-]=O.[Y]. The quantitative estimate of drug-likeness (QED) is 0.673. The standard InChI is InChI=1S/C6H12NO.Y/c1-3-4-7-6(2)5-8;/h6-7H,3-4H2,1-2H3;/q-1;. The first kappa shape index (κ1) is 12.4. The van der Waals surface area contributed by atoms with Gasteiger partial charge in [-0.25, -0.2) is 6.29 Å². The van der Waals surface area contributed by atoms with Crippen molar-refractivity contribution in [2.24, 2.45) is 0 Å². The molecule has 0 rings (SSSR count). The molecule has 0 aliphatic carbocycles. The molecule has 1 radical (unpaired) electrons. The van der Waals surface area contributed by atoms with E-state index in [4.69, 9.17) is 0 Å². The van der Waals surface area contributed by atoms with Crippen LogP contribution in [0.1, 0.15) is 20.3 Å². The second-order valence-corrected chi connectivity index (χ2v) is 1.79. The molecule has 0 spiro atoms. The second kappa shape index (κ2) is 8.73. The van der Waals surface area contributed by atoms with Crippen LogP contribution < -0.4 is 5.32 Å². The van der Waals surface area contributed by atoms with E-state index in [0.717, 1.165) is 13.0 Å². The molecule has 51 valence electrons. The topological polar surface area (TPSA) is 29.1 Å². The minimum atomic E-state index is -0.102. The number of nitrogens with one attached hydrogen (secondary N) is 1. The van der Waals surface area contributed by atoms with Gasteiger partial charge in [-0.3, -0.25) is 0 Å². The molecule has 0 fully saturated rings. The number of hydrogen-bond donors (Lipinski definition) is 1. The van der Waals surface area contributed by atoms with Gasteiger partial charge in [-0.15, -0.1) is 0 Å². The predicted octanol–water partition coefficient (Wildman–Crippen LogP) is 0.482. The van der Waals surface area contributed by atoms with Crippen molar-refractivity contribution in [3.05, 3.63) is 0 Å². The summed E-state index contributed by atoms with van der Waals surface area (Å²) in [6.07, 6.45) is 2.90. The van der Waals surface area contributed by atoms with Gasteiger partial charge in [-0.1, -0.05) is 19.9 Å². The van der Waals surface area contributed by atoms with Gasteiger partial charge in [-0.2, -0.15) is 0 Å². The summed E-state index contributed by atoms with van der Waals surface area (Å²) < 4.78 is 0. The van der Waals surface area contributed by atoms with Crippen LogP contribution in [0.3, 0.4) is 0 Å². The van der Waals surface area contributed by atoms with Gasteiger partial charge in [0.1, 0.15) is 0 Å². The Morgan fingerprint density at radius 2 is 2.22 bits per heavy atom. The van der Waals surface area contributed by atoms with Gasteiger partial charge in [0.15, 0.2) is 0 Å². The van der Waals surface area contributed by atoms with Gasteiger partial charge in [0.25, 0.3) is 0 Å². The minimum absolute atomic E-state index is 0. The zero-order valence-electron chi connectivity index (χ0n) is 5.98. The molecule has 9 heavy (non-hydrogen) atoms. The fraction of sp³-hybridized carbons (Fsp3) is 0.833. The van der Waals surface area contributed by atoms with Crippen molar-refractivity contribution in [3.8, 4) is 0 Å². The zero-order valence-corrected chi connectivity index (χ0v) is 8.82. The molecule has 1 atom stereocenters. The van der Waals surface area contributed by atoms with Crippen molar-refractivity contribution < 1.29 is 37.5 Å². The van der Waals surface area contributed by atoms with Gasteiger partial charge in [0.05, 0.1) is 0 Å². The van der Waals surface area contributed by atoms with Crippen LogP contribution in [0.2, 0.25) is 0 Å². The van der Waals surface area contributed by atoms with E-state index in [0.29, 0.717) is 0 Å². The van der Waals surface area contributed by atoms with Crippen molar-refractivity contribution in [2.75, 3.05) is 6.54 Å². The van der Waals surface area contributed by atoms with Gasteiger partial charge in [-0.05, 0) is 13.0 Å². The van der Waals surface area contributed by atoms with Crippen LogP contribution in [-0.2, 0) is 37.5 Å². The van der Waals surface area contributed by atoms with Crippen LogP contribution in [0.25, 0.3) is 0 Å². The van der Waals surface area contributed by atoms with Crippen molar-refractivity contribution in [3.63, 3.8) is 0 Å². The summed E-state index contributed by atoms with van der Waals surface area (Å²) in [5.74, 6) is 0. The van der Waals surface area contributed by atoms with Crippen molar-refractivity contribution >= 4 is 6.29 Å². The van der Waals surface area contributed by atoms with E-state index in [1.807, 2.05) is 6.29 Å². The van der Waals surface area contributed by atoms with Crippen LogP contribution in [0.5, 0.6) is 0 Å². The van der Waals surface area contributed by atoms with Gasteiger partial charge in [0, 0.05) is 32.7 Å². The van der Waals surface area contributed by atoms with Gasteiger partial charge < -0.3 is 10.1 Å². The van der Waals surface area contributed by atoms with Crippen molar-refractivity contribution in [1.82, 2.24) is 5.32 Å².